The molecule has 0 unspecified atom stereocenters. The van der Waals surface area contributed by atoms with Gasteiger partial charge in [-0.3, -0.25) is 5.10 Å². The van der Waals surface area contributed by atoms with Crippen LogP contribution in [-0.2, 0) is 0 Å². The van der Waals surface area contributed by atoms with E-state index in [0.717, 1.165) is 23.5 Å². The molecule has 3 N–H and O–H groups in total. The summed E-state index contributed by atoms with van der Waals surface area (Å²) < 4.78 is 5.73. The maximum Gasteiger partial charge on any atom is 0.126 e. The summed E-state index contributed by atoms with van der Waals surface area (Å²) in [6.45, 7) is 0.765. The van der Waals surface area contributed by atoms with Crippen molar-refractivity contribution >= 4 is 17.4 Å². The molecule has 94 valence electrons. The molecule has 0 amide bonds. The quantitative estimate of drug-likeness (QED) is 0.891. The Morgan fingerprint density at radius 2 is 2.22 bits per heavy atom. The van der Waals surface area contributed by atoms with Crippen LogP contribution in [0.3, 0.4) is 0 Å². The first-order valence-electron chi connectivity index (χ1n) is 5.95. The maximum atomic E-state index is 6.10. The summed E-state index contributed by atoms with van der Waals surface area (Å²) in [6, 6.07) is 5.62. The van der Waals surface area contributed by atoms with Gasteiger partial charge in [-0.1, -0.05) is 11.6 Å². The molecule has 0 spiro atoms. The van der Waals surface area contributed by atoms with Crippen molar-refractivity contribution in [2.24, 2.45) is 5.92 Å². The lowest BCUT2D eigenvalue weighted by molar-refractivity contribution is 0.300. The van der Waals surface area contributed by atoms with E-state index >= 15 is 0 Å². The minimum absolute atomic E-state index is 0.533. The topological polar surface area (TPSA) is 63.9 Å². The fraction of sp³-hybridized carbons (Fsp3) is 0.308. The molecule has 5 heteroatoms. The van der Waals surface area contributed by atoms with E-state index in [2.05, 4.69) is 10.2 Å². The Bertz CT molecular complexity index is 563. The van der Waals surface area contributed by atoms with E-state index in [-0.39, 0.29) is 0 Å². The smallest absolute Gasteiger partial charge is 0.126 e. The third kappa shape index (κ3) is 2.43. The van der Waals surface area contributed by atoms with Gasteiger partial charge in [0.2, 0.25) is 0 Å². The molecule has 18 heavy (non-hydrogen) atoms. The van der Waals surface area contributed by atoms with Crippen molar-refractivity contribution in [3.63, 3.8) is 0 Å². The van der Waals surface area contributed by atoms with Crippen LogP contribution in [0, 0.1) is 5.92 Å². The lowest BCUT2D eigenvalue weighted by Gasteiger charge is -2.08. The highest BCUT2D eigenvalue weighted by Crippen LogP contribution is 2.33. The van der Waals surface area contributed by atoms with Gasteiger partial charge in [0, 0.05) is 10.6 Å². The lowest BCUT2D eigenvalue weighted by atomic mass is 10.1. The van der Waals surface area contributed by atoms with Crippen LogP contribution in [0.4, 0.5) is 5.82 Å². The van der Waals surface area contributed by atoms with Gasteiger partial charge in [0.1, 0.15) is 11.6 Å². The molecule has 1 aliphatic rings. The molecular weight excluding hydrogens is 250 g/mol. The number of nitrogens with zero attached hydrogens (tertiary/aromatic N) is 1. The number of aromatic nitrogens is 2. The molecule has 1 aliphatic carbocycles. The predicted octanol–water partition coefficient (Wildman–Crippen LogP) is 3.10. The van der Waals surface area contributed by atoms with E-state index in [4.69, 9.17) is 22.1 Å². The highest BCUT2D eigenvalue weighted by molar-refractivity contribution is 6.31. The molecule has 0 radical (unpaired) electrons. The van der Waals surface area contributed by atoms with Gasteiger partial charge in [0.15, 0.2) is 0 Å². The third-order valence-electron chi connectivity index (χ3n) is 3.03. The normalized spacial score (nSPS) is 14.7. The van der Waals surface area contributed by atoms with Crippen LogP contribution in [0.25, 0.3) is 11.1 Å². The number of rotatable bonds is 4. The number of anilines is 1. The highest BCUT2D eigenvalue weighted by atomic mass is 35.5. The first kappa shape index (κ1) is 11.4. The summed E-state index contributed by atoms with van der Waals surface area (Å²) in [5.41, 5.74) is 7.56. The summed E-state index contributed by atoms with van der Waals surface area (Å²) in [5, 5.41) is 7.26. The monoisotopic (exact) mass is 263 g/mol. The zero-order valence-corrected chi connectivity index (χ0v) is 10.6. The Morgan fingerprint density at radius 1 is 1.39 bits per heavy atom. The molecule has 1 fully saturated rings. The molecule has 1 saturated carbocycles. The van der Waals surface area contributed by atoms with Gasteiger partial charge in [-0.15, -0.1) is 0 Å². The van der Waals surface area contributed by atoms with Crippen molar-refractivity contribution < 1.29 is 4.74 Å². The number of nitrogens with one attached hydrogen (secondary N) is 1. The average molecular weight is 264 g/mol. The average Bonchev–Trinajstić information content (AvgIpc) is 3.07. The van der Waals surface area contributed by atoms with Crippen molar-refractivity contribution in [1.29, 1.82) is 0 Å². The van der Waals surface area contributed by atoms with Gasteiger partial charge in [-0.2, -0.15) is 5.10 Å². The number of nitrogen functional groups attached to an aromatic ring is 1. The van der Waals surface area contributed by atoms with Gasteiger partial charge in [-0.05, 0) is 42.5 Å². The molecule has 4 nitrogen and oxygen atoms in total. The second kappa shape index (κ2) is 4.53. The number of hydrogen-bond acceptors (Lipinski definition) is 3. The summed E-state index contributed by atoms with van der Waals surface area (Å²) in [6.07, 6.45) is 4.22. The van der Waals surface area contributed by atoms with Crippen LogP contribution in [0.15, 0.2) is 24.4 Å². The summed E-state index contributed by atoms with van der Waals surface area (Å²) in [4.78, 5) is 0. The summed E-state index contributed by atoms with van der Waals surface area (Å²) >= 11 is 6.10. The van der Waals surface area contributed by atoms with Crippen LogP contribution in [0.1, 0.15) is 12.8 Å². The van der Waals surface area contributed by atoms with Gasteiger partial charge >= 0.3 is 0 Å². The first-order valence-corrected chi connectivity index (χ1v) is 6.33. The Kier molecular flexibility index (Phi) is 2.88. The van der Waals surface area contributed by atoms with Crippen LogP contribution in [0.2, 0.25) is 5.02 Å². The first-order chi connectivity index (χ1) is 8.72. The Labute approximate surface area is 110 Å². The standard InChI is InChI=1S/C13H14ClN3O/c14-10-3-9(12-6-16-17-13(12)15)4-11(5-10)18-7-8-1-2-8/h3-6,8H,1-2,7H2,(H3,15,16,17). The summed E-state index contributed by atoms with van der Waals surface area (Å²) in [7, 11) is 0. The predicted molar refractivity (Wildman–Crippen MR) is 71.7 cm³/mol. The minimum Gasteiger partial charge on any atom is -0.493 e. The fourth-order valence-corrected chi connectivity index (χ4v) is 2.05. The molecule has 3 rings (SSSR count). The van der Waals surface area contributed by atoms with Crippen molar-refractivity contribution in [3.8, 4) is 16.9 Å². The Hall–Kier alpha value is -1.68. The van der Waals surface area contributed by atoms with Crippen LogP contribution >= 0.6 is 11.6 Å². The minimum atomic E-state index is 0.533. The Balaban J connectivity index is 1.87. The Morgan fingerprint density at radius 3 is 2.89 bits per heavy atom. The van der Waals surface area contributed by atoms with Crippen molar-refractivity contribution in [2.45, 2.75) is 12.8 Å². The number of hydrogen-bond donors (Lipinski definition) is 2. The van der Waals surface area contributed by atoms with Crippen LogP contribution < -0.4 is 10.5 Å². The fourth-order valence-electron chi connectivity index (χ4n) is 1.83. The number of halogens is 1. The van der Waals surface area contributed by atoms with Crippen molar-refractivity contribution in [1.82, 2.24) is 10.2 Å². The van der Waals surface area contributed by atoms with Crippen molar-refractivity contribution in [2.75, 3.05) is 12.3 Å². The zero-order valence-electron chi connectivity index (χ0n) is 9.82. The second-order valence-electron chi connectivity index (χ2n) is 4.63. The number of aromatic amines is 1. The van der Waals surface area contributed by atoms with Gasteiger partial charge < -0.3 is 10.5 Å². The molecule has 1 heterocycles. The molecule has 0 bridgehead atoms. The van der Waals surface area contributed by atoms with Gasteiger partial charge in [-0.25, -0.2) is 0 Å². The molecular formula is C13H14ClN3O. The largest absolute Gasteiger partial charge is 0.493 e. The van der Waals surface area contributed by atoms with E-state index < -0.39 is 0 Å². The second-order valence-corrected chi connectivity index (χ2v) is 5.06. The molecule has 0 atom stereocenters. The third-order valence-corrected chi connectivity index (χ3v) is 3.25. The molecule has 2 aromatic rings. The SMILES string of the molecule is Nc1[nH]ncc1-c1cc(Cl)cc(OCC2CC2)c1. The van der Waals surface area contributed by atoms with Crippen molar-refractivity contribution in [3.05, 3.63) is 29.4 Å². The van der Waals surface area contributed by atoms with Crippen LogP contribution in [0.5, 0.6) is 5.75 Å². The molecule has 0 saturated heterocycles. The molecule has 0 aliphatic heterocycles. The summed E-state index contributed by atoms with van der Waals surface area (Å²) in [5.74, 6) is 2.03. The van der Waals surface area contributed by atoms with E-state index in [1.165, 1.54) is 12.8 Å². The lowest BCUT2D eigenvalue weighted by Crippen LogP contribution is -1.99. The zero-order chi connectivity index (χ0) is 12.5. The van der Waals surface area contributed by atoms with E-state index in [0.29, 0.717) is 16.8 Å². The number of ether oxygens (including phenoxy) is 1. The van der Waals surface area contributed by atoms with E-state index in [1.54, 1.807) is 6.20 Å². The van der Waals surface area contributed by atoms with E-state index in [9.17, 15) is 0 Å². The number of benzene rings is 1. The van der Waals surface area contributed by atoms with Crippen LogP contribution in [-0.4, -0.2) is 16.8 Å². The van der Waals surface area contributed by atoms with E-state index in [1.807, 2.05) is 18.2 Å². The highest BCUT2D eigenvalue weighted by Gasteiger charge is 2.22. The maximum absolute atomic E-state index is 6.10. The molecule has 1 aromatic carbocycles. The van der Waals surface area contributed by atoms with Gasteiger partial charge in [0.05, 0.1) is 12.8 Å². The number of H-pyrrole nitrogens is 1. The number of nitrogens with two attached hydrogens (primary N) is 1. The molecule has 1 aromatic heterocycles. The van der Waals surface area contributed by atoms with Gasteiger partial charge in [0.25, 0.3) is 0 Å².